The largest absolute Gasteiger partial charge is 0.344 e. The fourth-order valence-corrected chi connectivity index (χ4v) is 2.40. The van der Waals surface area contributed by atoms with Crippen molar-refractivity contribution in [1.29, 1.82) is 0 Å². The zero-order chi connectivity index (χ0) is 13.7. The molecule has 0 saturated carbocycles. The van der Waals surface area contributed by atoms with Crippen molar-refractivity contribution in [3.63, 3.8) is 0 Å². The molecule has 2 nitrogen and oxygen atoms in total. The first-order valence-corrected chi connectivity index (χ1v) is 7.38. The van der Waals surface area contributed by atoms with Crippen molar-refractivity contribution in [2.24, 2.45) is 0 Å². The molecular formula is C15H13BrClNO. The monoisotopic (exact) mass is 337 g/mol. The van der Waals surface area contributed by atoms with Gasteiger partial charge in [-0.05, 0) is 29.8 Å². The molecular weight excluding hydrogens is 326 g/mol. The Morgan fingerprint density at radius 2 is 1.74 bits per heavy atom. The molecule has 1 atom stereocenters. The van der Waals surface area contributed by atoms with E-state index in [4.69, 9.17) is 11.6 Å². The number of alkyl halides is 1. The average Bonchev–Trinajstić information content (AvgIpc) is 2.46. The molecule has 0 fully saturated rings. The van der Waals surface area contributed by atoms with E-state index in [1.807, 2.05) is 30.3 Å². The summed E-state index contributed by atoms with van der Waals surface area (Å²) in [4.78, 5) is 12.1. The lowest BCUT2D eigenvalue weighted by Crippen LogP contribution is -2.29. The fourth-order valence-electron chi connectivity index (χ4n) is 1.74. The third-order valence-corrected chi connectivity index (χ3v) is 3.67. The maximum Gasteiger partial charge on any atom is 0.251 e. The minimum Gasteiger partial charge on any atom is -0.344 e. The van der Waals surface area contributed by atoms with Crippen molar-refractivity contribution in [3.8, 4) is 0 Å². The third-order valence-electron chi connectivity index (χ3n) is 2.77. The highest BCUT2D eigenvalue weighted by Gasteiger charge is 2.14. The van der Waals surface area contributed by atoms with Crippen LogP contribution in [0.4, 0.5) is 0 Å². The van der Waals surface area contributed by atoms with Crippen LogP contribution < -0.4 is 5.32 Å². The van der Waals surface area contributed by atoms with Gasteiger partial charge in [0.1, 0.15) is 0 Å². The Labute approximate surface area is 125 Å². The van der Waals surface area contributed by atoms with Crippen molar-refractivity contribution in [2.45, 2.75) is 6.04 Å². The Morgan fingerprint density at radius 3 is 2.32 bits per heavy atom. The summed E-state index contributed by atoms with van der Waals surface area (Å²) in [6.07, 6.45) is 0. The molecule has 0 aliphatic rings. The second-order valence-electron chi connectivity index (χ2n) is 4.10. The second kappa shape index (κ2) is 6.73. The predicted molar refractivity (Wildman–Crippen MR) is 81.9 cm³/mol. The minimum absolute atomic E-state index is 0.0515. The van der Waals surface area contributed by atoms with Crippen molar-refractivity contribution in [2.75, 3.05) is 5.33 Å². The third kappa shape index (κ3) is 3.82. The summed E-state index contributed by atoms with van der Waals surface area (Å²) in [5, 5.41) is 4.27. The first kappa shape index (κ1) is 14.1. The van der Waals surface area contributed by atoms with E-state index in [1.165, 1.54) is 0 Å². The molecule has 0 aliphatic carbocycles. The van der Waals surface area contributed by atoms with E-state index in [-0.39, 0.29) is 11.9 Å². The zero-order valence-electron chi connectivity index (χ0n) is 10.1. The summed E-state index contributed by atoms with van der Waals surface area (Å²) >= 11 is 9.24. The molecule has 0 spiro atoms. The van der Waals surface area contributed by atoms with Crippen LogP contribution in [0.1, 0.15) is 22.0 Å². The maximum absolute atomic E-state index is 12.1. The van der Waals surface area contributed by atoms with E-state index in [0.29, 0.717) is 15.9 Å². The van der Waals surface area contributed by atoms with Crippen LogP contribution in [0.2, 0.25) is 5.02 Å². The topological polar surface area (TPSA) is 29.1 Å². The van der Waals surface area contributed by atoms with Crippen LogP contribution in [0, 0.1) is 0 Å². The molecule has 1 amide bonds. The zero-order valence-corrected chi connectivity index (χ0v) is 12.5. The standard InChI is InChI=1S/C15H13BrClNO/c16-10-14(11-4-2-1-3-5-11)18-15(19)12-6-8-13(17)9-7-12/h1-9,14H,10H2,(H,18,19). The van der Waals surface area contributed by atoms with Gasteiger partial charge in [-0.2, -0.15) is 0 Å². The van der Waals surface area contributed by atoms with Crippen molar-refractivity contribution in [3.05, 3.63) is 70.7 Å². The van der Waals surface area contributed by atoms with Gasteiger partial charge in [-0.1, -0.05) is 57.9 Å². The number of hydrogen-bond acceptors (Lipinski definition) is 1. The molecule has 1 N–H and O–H groups in total. The molecule has 1 unspecified atom stereocenters. The predicted octanol–water partition coefficient (Wildman–Crippen LogP) is 4.21. The van der Waals surface area contributed by atoms with E-state index in [2.05, 4.69) is 21.2 Å². The Kier molecular flexibility index (Phi) is 5.00. The number of carbonyl (C=O) groups excluding carboxylic acids is 1. The van der Waals surface area contributed by atoms with E-state index in [1.54, 1.807) is 24.3 Å². The van der Waals surface area contributed by atoms with Crippen molar-refractivity contribution < 1.29 is 4.79 Å². The highest BCUT2D eigenvalue weighted by Crippen LogP contribution is 2.16. The summed E-state index contributed by atoms with van der Waals surface area (Å²) in [6, 6.07) is 16.7. The lowest BCUT2D eigenvalue weighted by Gasteiger charge is -2.16. The quantitative estimate of drug-likeness (QED) is 0.832. The van der Waals surface area contributed by atoms with E-state index in [0.717, 1.165) is 5.56 Å². The van der Waals surface area contributed by atoms with Crippen LogP contribution >= 0.6 is 27.5 Å². The lowest BCUT2D eigenvalue weighted by atomic mass is 10.1. The smallest absolute Gasteiger partial charge is 0.251 e. The average molecular weight is 339 g/mol. The molecule has 2 aromatic rings. The number of rotatable bonds is 4. The number of halogens is 2. The molecule has 19 heavy (non-hydrogen) atoms. The molecule has 0 aliphatic heterocycles. The SMILES string of the molecule is O=C(NC(CBr)c1ccccc1)c1ccc(Cl)cc1. The fraction of sp³-hybridized carbons (Fsp3) is 0.133. The maximum atomic E-state index is 12.1. The summed E-state index contributed by atoms with van der Waals surface area (Å²) < 4.78 is 0. The van der Waals surface area contributed by atoms with Gasteiger partial charge in [-0.15, -0.1) is 0 Å². The van der Waals surface area contributed by atoms with Crippen molar-refractivity contribution in [1.82, 2.24) is 5.32 Å². The molecule has 0 saturated heterocycles. The molecule has 0 heterocycles. The van der Waals surface area contributed by atoms with E-state index >= 15 is 0 Å². The molecule has 98 valence electrons. The molecule has 4 heteroatoms. The first-order chi connectivity index (χ1) is 9.20. The molecule has 0 radical (unpaired) electrons. The number of benzene rings is 2. The summed E-state index contributed by atoms with van der Waals surface area (Å²) in [5.74, 6) is -0.107. The van der Waals surface area contributed by atoms with Crippen LogP contribution in [-0.4, -0.2) is 11.2 Å². The lowest BCUT2D eigenvalue weighted by molar-refractivity contribution is 0.0941. The van der Waals surface area contributed by atoms with Crippen molar-refractivity contribution >= 4 is 33.4 Å². The Balaban J connectivity index is 2.10. The van der Waals surface area contributed by atoms with Gasteiger partial charge in [0.2, 0.25) is 0 Å². The number of hydrogen-bond donors (Lipinski definition) is 1. The highest BCUT2D eigenvalue weighted by atomic mass is 79.9. The van der Waals surface area contributed by atoms with Gasteiger partial charge in [-0.3, -0.25) is 4.79 Å². The van der Waals surface area contributed by atoms with Gasteiger partial charge in [0.15, 0.2) is 0 Å². The van der Waals surface area contributed by atoms with Crippen LogP contribution in [-0.2, 0) is 0 Å². The minimum atomic E-state index is -0.107. The molecule has 2 rings (SSSR count). The number of amides is 1. The summed E-state index contributed by atoms with van der Waals surface area (Å²) in [7, 11) is 0. The number of carbonyl (C=O) groups is 1. The normalized spacial score (nSPS) is 11.9. The van der Waals surface area contributed by atoms with Gasteiger partial charge >= 0.3 is 0 Å². The van der Waals surface area contributed by atoms with Gasteiger partial charge in [0.25, 0.3) is 5.91 Å². The Morgan fingerprint density at radius 1 is 1.11 bits per heavy atom. The second-order valence-corrected chi connectivity index (χ2v) is 5.18. The first-order valence-electron chi connectivity index (χ1n) is 5.88. The summed E-state index contributed by atoms with van der Waals surface area (Å²) in [5.41, 5.74) is 1.67. The Hall–Kier alpha value is -1.32. The van der Waals surface area contributed by atoms with Gasteiger partial charge < -0.3 is 5.32 Å². The highest BCUT2D eigenvalue weighted by molar-refractivity contribution is 9.09. The van der Waals surface area contributed by atoms with Gasteiger partial charge in [0.05, 0.1) is 6.04 Å². The number of nitrogens with one attached hydrogen (secondary N) is 1. The molecule has 0 bridgehead atoms. The molecule has 0 aromatic heterocycles. The van der Waals surface area contributed by atoms with Crippen LogP contribution in [0.15, 0.2) is 54.6 Å². The van der Waals surface area contributed by atoms with Crippen LogP contribution in [0.25, 0.3) is 0 Å². The Bertz CT molecular complexity index is 542. The summed E-state index contributed by atoms with van der Waals surface area (Å²) in [6.45, 7) is 0. The van der Waals surface area contributed by atoms with Gasteiger partial charge in [-0.25, -0.2) is 0 Å². The van der Waals surface area contributed by atoms with E-state index in [9.17, 15) is 4.79 Å². The molecule has 2 aromatic carbocycles. The van der Waals surface area contributed by atoms with Crippen LogP contribution in [0.3, 0.4) is 0 Å². The van der Waals surface area contributed by atoms with E-state index < -0.39 is 0 Å². The van der Waals surface area contributed by atoms with Crippen LogP contribution in [0.5, 0.6) is 0 Å². The van der Waals surface area contributed by atoms with Gasteiger partial charge in [0, 0.05) is 15.9 Å².